The minimum atomic E-state index is -0.528. The van der Waals surface area contributed by atoms with Gasteiger partial charge in [-0.25, -0.2) is 4.98 Å². The first-order chi connectivity index (χ1) is 16.9. The van der Waals surface area contributed by atoms with Crippen LogP contribution in [0.2, 0.25) is 0 Å². The van der Waals surface area contributed by atoms with Gasteiger partial charge in [-0.3, -0.25) is 9.59 Å². The van der Waals surface area contributed by atoms with Crippen molar-refractivity contribution in [3.63, 3.8) is 0 Å². The lowest BCUT2D eigenvalue weighted by Gasteiger charge is -2.34. The number of amides is 2. The Morgan fingerprint density at radius 3 is 2.37 bits per heavy atom. The standard InChI is InChI=1S/C27H32N6O2/c1-32(2)27(35)20-12-14-33(15-13-20)22-10-8-21(9-11-22)31-25-16-24(23(18-30-25)26(28)34)29-17-19-6-4-3-5-7-19/h3-11,16,18,20H,12-15,17H2,1-2H3,(H2,28,34)(H2,29,30,31). The summed E-state index contributed by atoms with van der Waals surface area (Å²) in [5.74, 6) is 0.416. The van der Waals surface area contributed by atoms with E-state index in [1.54, 1.807) is 11.0 Å². The summed E-state index contributed by atoms with van der Waals surface area (Å²) >= 11 is 0. The van der Waals surface area contributed by atoms with Crippen molar-refractivity contribution in [2.45, 2.75) is 19.4 Å². The zero-order valence-electron chi connectivity index (χ0n) is 20.2. The highest BCUT2D eigenvalue weighted by Crippen LogP contribution is 2.27. The van der Waals surface area contributed by atoms with Crippen LogP contribution < -0.4 is 21.3 Å². The Balaban J connectivity index is 1.40. The summed E-state index contributed by atoms with van der Waals surface area (Å²) in [5.41, 5.74) is 9.64. The van der Waals surface area contributed by atoms with Crippen molar-refractivity contribution < 1.29 is 9.59 Å². The third-order valence-corrected chi connectivity index (χ3v) is 6.29. The van der Waals surface area contributed by atoms with Crippen LogP contribution in [0.4, 0.5) is 22.9 Å². The molecule has 0 saturated carbocycles. The Kier molecular flexibility index (Phi) is 7.50. The first kappa shape index (κ1) is 24.1. The van der Waals surface area contributed by atoms with E-state index in [0.29, 0.717) is 23.6 Å². The van der Waals surface area contributed by atoms with Crippen LogP contribution in [0.25, 0.3) is 0 Å². The van der Waals surface area contributed by atoms with Crippen molar-refractivity contribution >= 4 is 34.7 Å². The highest BCUT2D eigenvalue weighted by molar-refractivity contribution is 5.98. The average Bonchev–Trinajstić information content (AvgIpc) is 2.88. The molecule has 4 N–H and O–H groups in total. The maximum atomic E-state index is 12.2. The summed E-state index contributed by atoms with van der Waals surface area (Å²) in [5, 5.41) is 6.59. The molecule has 2 heterocycles. The molecule has 1 aromatic heterocycles. The lowest BCUT2D eigenvalue weighted by Crippen LogP contribution is -2.40. The van der Waals surface area contributed by atoms with E-state index in [9.17, 15) is 9.59 Å². The fourth-order valence-electron chi connectivity index (χ4n) is 4.31. The molecule has 1 aliphatic heterocycles. The number of carbonyl (C=O) groups is 2. The number of hydrogen-bond acceptors (Lipinski definition) is 6. The van der Waals surface area contributed by atoms with Crippen molar-refractivity contribution in [2.24, 2.45) is 11.7 Å². The number of benzene rings is 2. The van der Waals surface area contributed by atoms with Crippen LogP contribution in [0.1, 0.15) is 28.8 Å². The van der Waals surface area contributed by atoms with E-state index in [2.05, 4.69) is 32.7 Å². The molecule has 35 heavy (non-hydrogen) atoms. The van der Waals surface area contributed by atoms with Crippen LogP contribution in [0.15, 0.2) is 66.9 Å². The quantitative estimate of drug-likeness (QED) is 0.460. The Hall–Kier alpha value is -4.07. The molecule has 1 saturated heterocycles. The number of carbonyl (C=O) groups excluding carboxylic acids is 2. The van der Waals surface area contributed by atoms with Gasteiger partial charge in [-0.1, -0.05) is 30.3 Å². The number of aromatic nitrogens is 1. The molecule has 0 bridgehead atoms. The second-order valence-corrected chi connectivity index (χ2v) is 8.98. The number of nitrogens with zero attached hydrogens (tertiary/aromatic N) is 3. The summed E-state index contributed by atoms with van der Waals surface area (Å²) in [7, 11) is 3.64. The molecule has 182 valence electrons. The van der Waals surface area contributed by atoms with Gasteiger partial charge in [0.15, 0.2) is 0 Å². The molecule has 1 fully saturated rings. The van der Waals surface area contributed by atoms with Gasteiger partial charge in [0, 0.05) is 63.3 Å². The number of rotatable bonds is 8. The Bertz CT molecular complexity index is 1160. The maximum Gasteiger partial charge on any atom is 0.252 e. The first-order valence-corrected chi connectivity index (χ1v) is 11.8. The summed E-state index contributed by atoms with van der Waals surface area (Å²) in [6.45, 7) is 2.29. The molecule has 3 aromatic rings. The van der Waals surface area contributed by atoms with Crippen molar-refractivity contribution in [3.8, 4) is 0 Å². The second-order valence-electron chi connectivity index (χ2n) is 8.98. The van der Waals surface area contributed by atoms with Crippen molar-refractivity contribution in [3.05, 3.63) is 78.0 Å². The van der Waals surface area contributed by atoms with Crippen LogP contribution in [0, 0.1) is 5.92 Å². The molecule has 0 radical (unpaired) electrons. The van der Waals surface area contributed by atoms with Gasteiger partial charge in [0.1, 0.15) is 5.82 Å². The van der Waals surface area contributed by atoms with E-state index in [4.69, 9.17) is 5.73 Å². The SMILES string of the molecule is CN(C)C(=O)C1CCN(c2ccc(Nc3cc(NCc4ccccc4)c(C(N)=O)cn3)cc2)CC1. The minimum Gasteiger partial charge on any atom is -0.380 e. The predicted molar refractivity (Wildman–Crippen MR) is 140 cm³/mol. The minimum absolute atomic E-state index is 0.112. The molecule has 2 aromatic carbocycles. The lowest BCUT2D eigenvalue weighted by atomic mass is 9.95. The van der Waals surface area contributed by atoms with E-state index in [-0.39, 0.29) is 11.8 Å². The lowest BCUT2D eigenvalue weighted by molar-refractivity contribution is -0.133. The zero-order valence-corrected chi connectivity index (χ0v) is 20.2. The van der Waals surface area contributed by atoms with E-state index in [1.807, 2.05) is 56.6 Å². The normalized spacial score (nSPS) is 13.8. The van der Waals surface area contributed by atoms with Gasteiger partial charge in [-0.05, 0) is 42.7 Å². The molecule has 8 heteroatoms. The molecule has 0 unspecified atom stereocenters. The molecule has 1 aliphatic rings. The van der Waals surface area contributed by atoms with Crippen LogP contribution in [-0.2, 0) is 11.3 Å². The number of pyridine rings is 1. The van der Waals surface area contributed by atoms with Gasteiger partial charge in [-0.2, -0.15) is 0 Å². The van der Waals surface area contributed by atoms with Crippen molar-refractivity contribution in [1.82, 2.24) is 9.88 Å². The van der Waals surface area contributed by atoms with Crippen LogP contribution in [0.3, 0.4) is 0 Å². The zero-order chi connectivity index (χ0) is 24.8. The van der Waals surface area contributed by atoms with Gasteiger partial charge in [-0.15, -0.1) is 0 Å². The smallest absolute Gasteiger partial charge is 0.252 e. The van der Waals surface area contributed by atoms with E-state index in [1.165, 1.54) is 6.20 Å². The number of hydrogen-bond donors (Lipinski definition) is 3. The fraction of sp³-hybridized carbons (Fsp3) is 0.296. The number of piperidine rings is 1. The molecular formula is C27H32N6O2. The van der Waals surface area contributed by atoms with Gasteiger partial charge in [0.2, 0.25) is 5.91 Å². The van der Waals surface area contributed by atoms with E-state index >= 15 is 0 Å². The summed E-state index contributed by atoms with van der Waals surface area (Å²) in [6, 6.07) is 19.9. The molecule has 0 aliphatic carbocycles. The van der Waals surface area contributed by atoms with Gasteiger partial charge >= 0.3 is 0 Å². The van der Waals surface area contributed by atoms with Crippen LogP contribution in [0.5, 0.6) is 0 Å². The monoisotopic (exact) mass is 472 g/mol. The predicted octanol–water partition coefficient (Wildman–Crippen LogP) is 3.84. The summed E-state index contributed by atoms with van der Waals surface area (Å²) in [6.07, 6.45) is 3.23. The Labute approximate surface area is 206 Å². The molecule has 4 rings (SSSR count). The average molecular weight is 473 g/mol. The second kappa shape index (κ2) is 10.9. The van der Waals surface area contributed by atoms with Crippen LogP contribution >= 0.6 is 0 Å². The molecule has 8 nitrogen and oxygen atoms in total. The first-order valence-electron chi connectivity index (χ1n) is 11.8. The van der Waals surface area contributed by atoms with Crippen molar-refractivity contribution in [2.75, 3.05) is 42.7 Å². The van der Waals surface area contributed by atoms with Gasteiger partial charge in [0.25, 0.3) is 5.91 Å². The molecule has 0 spiro atoms. The van der Waals surface area contributed by atoms with E-state index in [0.717, 1.165) is 42.9 Å². The van der Waals surface area contributed by atoms with Crippen LogP contribution in [-0.4, -0.2) is 48.9 Å². The fourth-order valence-corrected chi connectivity index (χ4v) is 4.31. The highest BCUT2D eigenvalue weighted by atomic mass is 16.2. The van der Waals surface area contributed by atoms with Gasteiger partial charge in [0.05, 0.1) is 11.3 Å². The third kappa shape index (κ3) is 6.09. The number of anilines is 4. The van der Waals surface area contributed by atoms with Gasteiger partial charge < -0.3 is 26.2 Å². The third-order valence-electron chi connectivity index (χ3n) is 6.29. The topological polar surface area (TPSA) is 104 Å². The maximum absolute atomic E-state index is 12.2. The van der Waals surface area contributed by atoms with E-state index < -0.39 is 5.91 Å². The number of nitrogens with one attached hydrogen (secondary N) is 2. The summed E-state index contributed by atoms with van der Waals surface area (Å²) in [4.78, 5) is 32.5. The number of nitrogens with two attached hydrogens (primary N) is 1. The van der Waals surface area contributed by atoms with Crippen molar-refractivity contribution in [1.29, 1.82) is 0 Å². The summed E-state index contributed by atoms with van der Waals surface area (Å²) < 4.78 is 0. The highest BCUT2D eigenvalue weighted by Gasteiger charge is 2.26. The largest absolute Gasteiger partial charge is 0.380 e. The molecular weight excluding hydrogens is 440 g/mol. The Morgan fingerprint density at radius 1 is 1.06 bits per heavy atom. The molecule has 0 atom stereocenters. The number of primary amides is 1. The molecule has 2 amide bonds. The Morgan fingerprint density at radius 2 is 1.74 bits per heavy atom.